The van der Waals surface area contributed by atoms with E-state index in [0.717, 1.165) is 29.0 Å². The molecular weight excluding hydrogens is 290 g/mol. The molecule has 16 heavy (non-hydrogen) atoms. The molecule has 0 amide bonds. The molecule has 3 nitrogen and oxygen atoms in total. The molecule has 1 aliphatic heterocycles. The van der Waals surface area contributed by atoms with Gasteiger partial charge in [0.25, 0.3) is 0 Å². The molecule has 1 N–H and O–H groups in total. The number of aliphatic hydroxyl groups is 1. The predicted molar refractivity (Wildman–Crippen MR) is 69.1 cm³/mol. The van der Waals surface area contributed by atoms with E-state index in [4.69, 9.17) is 4.74 Å². The highest BCUT2D eigenvalue weighted by molar-refractivity contribution is 9.10. The lowest BCUT2D eigenvalue weighted by Crippen LogP contribution is -2.31. The molecule has 0 saturated carbocycles. The van der Waals surface area contributed by atoms with Crippen molar-refractivity contribution in [1.29, 1.82) is 0 Å². The van der Waals surface area contributed by atoms with Crippen molar-refractivity contribution in [3.05, 3.63) is 15.4 Å². The van der Waals surface area contributed by atoms with E-state index in [-0.39, 0.29) is 6.61 Å². The summed E-state index contributed by atoms with van der Waals surface area (Å²) in [4.78, 5) is 3.63. The van der Waals surface area contributed by atoms with Crippen molar-refractivity contribution in [3.8, 4) is 5.06 Å². The number of nitrogens with zero attached hydrogens (tertiary/aromatic N) is 1. The van der Waals surface area contributed by atoms with Crippen LogP contribution >= 0.6 is 27.3 Å². The van der Waals surface area contributed by atoms with Gasteiger partial charge in [0.15, 0.2) is 5.06 Å². The zero-order valence-electron chi connectivity index (χ0n) is 9.28. The van der Waals surface area contributed by atoms with Gasteiger partial charge in [-0.05, 0) is 41.4 Å². The third-order valence-electron chi connectivity index (χ3n) is 2.96. The summed E-state index contributed by atoms with van der Waals surface area (Å²) in [6, 6.07) is 2.45. The number of methoxy groups -OCH3 is 1. The van der Waals surface area contributed by atoms with Crippen LogP contribution in [-0.4, -0.2) is 36.3 Å². The second kappa shape index (κ2) is 5.49. The smallest absolute Gasteiger partial charge is 0.188 e. The summed E-state index contributed by atoms with van der Waals surface area (Å²) in [6.07, 6.45) is 2.30. The molecule has 1 aliphatic rings. The zero-order valence-corrected chi connectivity index (χ0v) is 11.7. The quantitative estimate of drug-likeness (QED) is 0.927. The second-order valence-corrected chi connectivity index (χ2v) is 5.95. The Bertz CT molecular complexity index is 356. The first kappa shape index (κ1) is 12.4. The van der Waals surface area contributed by atoms with Gasteiger partial charge in [-0.3, -0.25) is 4.90 Å². The molecule has 1 aromatic rings. The van der Waals surface area contributed by atoms with E-state index in [1.165, 1.54) is 11.3 Å². The number of likely N-dealkylation sites (tertiary alicyclic amines) is 1. The standard InChI is InChI=1S/C11H16BrNO2S/c1-15-11-10(12)5-9(16-11)6-13-4-2-3-8(13)7-14/h5,8,14H,2-4,6-7H2,1H3/t8-/m0/s1. The van der Waals surface area contributed by atoms with Gasteiger partial charge in [0.1, 0.15) is 0 Å². The molecule has 1 atom stereocenters. The molecule has 0 radical (unpaired) electrons. The minimum Gasteiger partial charge on any atom is -0.486 e. The van der Waals surface area contributed by atoms with Gasteiger partial charge in [-0.25, -0.2) is 0 Å². The molecular formula is C11H16BrNO2S. The number of hydrogen-bond donors (Lipinski definition) is 1. The molecule has 1 aromatic heterocycles. The largest absolute Gasteiger partial charge is 0.486 e. The molecule has 0 unspecified atom stereocenters. The molecule has 0 aliphatic carbocycles. The summed E-state index contributed by atoms with van der Waals surface area (Å²) in [5.74, 6) is 0. The molecule has 0 aromatic carbocycles. The Morgan fingerprint density at radius 2 is 2.50 bits per heavy atom. The van der Waals surface area contributed by atoms with Crippen LogP contribution in [0.5, 0.6) is 5.06 Å². The Morgan fingerprint density at radius 1 is 1.69 bits per heavy atom. The van der Waals surface area contributed by atoms with Crippen LogP contribution < -0.4 is 4.74 Å². The maximum absolute atomic E-state index is 9.25. The van der Waals surface area contributed by atoms with Gasteiger partial charge in [-0.15, -0.1) is 11.3 Å². The lowest BCUT2D eigenvalue weighted by atomic mass is 10.2. The molecule has 0 spiro atoms. The lowest BCUT2D eigenvalue weighted by molar-refractivity contribution is 0.154. The first-order chi connectivity index (χ1) is 7.74. The summed E-state index contributed by atoms with van der Waals surface area (Å²) in [6.45, 7) is 2.27. The van der Waals surface area contributed by atoms with Crippen LogP contribution in [0.15, 0.2) is 10.5 Å². The average Bonchev–Trinajstić information content (AvgIpc) is 2.85. The van der Waals surface area contributed by atoms with Crippen molar-refractivity contribution in [2.24, 2.45) is 0 Å². The van der Waals surface area contributed by atoms with Gasteiger partial charge in [0.05, 0.1) is 18.2 Å². The highest BCUT2D eigenvalue weighted by Crippen LogP contribution is 2.36. The van der Waals surface area contributed by atoms with E-state index in [9.17, 15) is 5.11 Å². The number of ether oxygens (including phenoxy) is 1. The van der Waals surface area contributed by atoms with Crippen molar-refractivity contribution in [2.45, 2.75) is 25.4 Å². The third-order valence-corrected chi connectivity index (χ3v) is 4.89. The number of hydrogen-bond acceptors (Lipinski definition) is 4. The van der Waals surface area contributed by atoms with Gasteiger partial charge >= 0.3 is 0 Å². The van der Waals surface area contributed by atoms with E-state index in [1.54, 1.807) is 18.4 Å². The summed E-state index contributed by atoms with van der Waals surface area (Å²) in [5, 5.41) is 10.2. The monoisotopic (exact) mass is 305 g/mol. The topological polar surface area (TPSA) is 32.7 Å². The lowest BCUT2D eigenvalue weighted by Gasteiger charge is -2.21. The van der Waals surface area contributed by atoms with Gasteiger partial charge in [0.2, 0.25) is 0 Å². The Hall–Kier alpha value is -0.100. The van der Waals surface area contributed by atoms with Crippen LogP contribution in [0.25, 0.3) is 0 Å². The maximum Gasteiger partial charge on any atom is 0.188 e. The molecule has 5 heteroatoms. The van der Waals surface area contributed by atoms with Crippen molar-refractivity contribution < 1.29 is 9.84 Å². The van der Waals surface area contributed by atoms with E-state index < -0.39 is 0 Å². The maximum atomic E-state index is 9.25. The first-order valence-electron chi connectivity index (χ1n) is 5.41. The van der Waals surface area contributed by atoms with Crippen LogP contribution in [0.3, 0.4) is 0 Å². The summed E-state index contributed by atoms with van der Waals surface area (Å²) in [5.41, 5.74) is 0. The minimum absolute atomic E-state index is 0.268. The molecule has 2 heterocycles. The SMILES string of the molecule is COc1sc(CN2CCC[C@H]2CO)cc1Br. The van der Waals surface area contributed by atoms with Crippen molar-refractivity contribution in [2.75, 3.05) is 20.3 Å². The van der Waals surface area contributed by atoms with Gasteiger partial charge in [-0.1, -0.05) is 0 Å². The van der Waals surface area contributed by atoms with Gasteiger partial charge < -0.3 is 9.84 Å². The van der Waals surface area contributed by atoms with E-state index >= 15 is 0 Å². The fraction of sp³-hybridized carbons (Fsp3) is 0.636. The van der Waals surface area contributed by atoms with Gasteiger partial charge in [0, 0.05) is 17.5 Å². The van der Waals surface area contributed by atoms with Crippen LogP contribution in [0.4, 0.5) is 0 Å². The molecule has 90 valence electrons. The summed E-state index contributed by atoms with van der Waals surface area (Å²) < 4.78 is 6.27. The highest BCUT2D eigenvalue weighted by atomic mass is 79.9. The van der Waals surface area contributed by atoms with E-state index in [2.05, 4.69) is 26.9 Å². The van der Waals surface area contributed by atoms with E-state index in [0.29, 0.717) is 6.04 Å². The van der Waals surface area contributed by atoms with Crippen molar-refractivity contribution in [3.63, 3.8) is 0 Å². The Kier molecular flexibility index (Phi) is 4.24. The summed E-state index contributed by atoms with van der Waals surface area (Å²) >= 11 is 5.14. The van der Waals surface area contributed by atoms with Crippen LogP contribution in [0, 0.1) is 0 Å². The molecule has 0 bridgehead atoms. The van der Waals surface area contributed by atoms with Gasteiger partial charge in [-0.2, -0.15) is 0 Å². The van der Waals surface area contributed by atoms with Crippen LogP contribution in [-0.2, 0) is 6.54 Å². The zero-order chi connectivity index (χ0) is 11.5. The normalized spacial score (nSPS) is 21.6. The number of halogens is 1. The molecule has 1 saturated heterocycles. The van der Waals surface area contributed by atoms with Crippen molar-refractivity contribution in [1.82, 2.24) is 4.90 Å². The number of aliphatic hydroxyl groups excluding tert-OH is 1. The minimum atomic E-state index is 0.268. The highest BCUT2D eigenvalue weighted by Gasteiger charge is 2.24. The predicted octanol–water partition coefficient (Wildman–Crippen LogP) is 2.48. The molecule has 1 fully saturated rings. The Balaban J connectivity index is 2.02. The summed E-state index contributed by atoms with van der Waals surface area (Å²) in [7, 11) is 1.69. The third kappa shape index (κ3) is 2.59. The van der Waals surface area contributed by atoms with Crippen LogP contribution in [0.1, 0.15) is 17.7 Å². The fourth-order valence-corrected chi connectivity index (χ4v) is 3.84. The molecule has 2 rings (SSSR count). The Labute approximate surface area is 108 Å². The fourth-order valence-electron chi connectivity index (χ4n) is 2.12. The van der Waals surface area contributed by atoms with Crippen LogP contribution in [0.2, 0.25) is 0 Å². The van der Waals surface area contributed by atoms with Crippen molar-refractivity contribution >= 4 is 27.3 Å². The Morgan fingerprint density at radius 3 is 3.12 bits per heavy atom. The number of rotatable bonds is 4. The van der Waals surface area contributed by atoms with E-state index in [1.807, 2.05) is 0 Å². The second-order valence-electron chi connectivity index (χ2n) is 4.00. The average molecular weight is 306 g/mol. The first-order valence-corrected chi connectivity index (χ1v) is 7.02. The number of thiophene rings is 1.